The number of nitrogens with two attached hydrogens (primary N) is 1. The molecule has 1 unspecified atom stereocenters. The Labute approximate surface area is 132 Å². The molecule has 0 saturated carbocycles. The number of carbonyl (C=O) groups is 1. The molecule has 2 aromatic rings. The third-order valence-corrected chi connectivity index (χ3v) is 4.47. The van der Waals surface area contributed by atoms with Crippen LogP contribution < -0.4 is 11.1 Å². The Kier molecular flexibility index (Phi) is 5.08. The fourth-order valence-electron chi connectivity index (χ4n) is 1.69. The van der Waals surface area contributed by atoms with Crippen molar-refractivity contribution in [1.82, 2.24) is 0 Å². The number of hydrogen-bond donors (Lipinski definition) is 2. The predicted molar refractivity (Wildman–Crippen MR) is 84.9 cm³/mol. The van der Waals surface area contributed by atoms with Gasteiger partial charge in [-0.05, 0) is 36.4 Å². The summed E-state index contributed by atoms with van der Waals surface area (Å²) in [5.74, 6) is -1.17. The minimum Gasteiger partial charge on any atom is -0.398 e. The average Bonchev–Trinajstić information content (AvgIpc) is 2.38. The van der Waals surface area contributed by atoms with Crippen molar-refractivity contribution in [2.75, 3.05) is 16.8 Å². The third kappa shape index (κ3) is 4.37. The zero-order valence-corrected chi connectivity index (χ0v) is 13.2. The van der Waals surface area contributed by atoms with E-state index in [0.29, 0.717) is 16.3 Å². The van der Waals surface area contributed by atoms with Crippen molar-refractivity contribution in [2.45, 2.75) is 4.90 Å². The van der Waals surface area contributed by atoms with Crippen LogP contribution >= 0.6 is 15.9 Å². The maximum Gasteiger partial charge on any atom is 0.237 e. The molecule has 0 aliphatic heterocycles. The van der Waals surface area contributed by atoms with E-state index in [2.05, 4.69) is 21.2 Å². The highest BCUT2D eigenvalue weighted by molar-refractivity contribution is 9.10. The zero-order chi connectivity index (χ0) is 15.4. The number of nitrogens with one attached hydrogen (secondary N) is 1. The summed E-state index contributed by atoms with van der Waals surface area (Å²) in [6.07, 6.45) is 0. The van der Waals surface area contributed by atoms with Gasteiger partial charge in [0.05, 0.1) is 15.7 Å². The van der Waals surface area contributed by atoms with Crippen molar-refractivity contribution in [3.8, 4) is 0 Å². The maximum absolute atomic E-state index is 13.0. The molecule has 110 valence electrons. The normalized spacial score (nSPS) is 11.9. The van der Waals surface area contributed by atoms with Gasteiger partial charge in [-0.3, -0.25) is 9.00 Å². The Morgan fingerprint density at radius 2 is 2.05 bits per heavy atom. The smallest absolute Gasteiger partial charge is 0.237 e. The van der Waals surface area contributed by atoms with Crippen LogP contribution in [0.3, 0.4) is 0 Å². The van der Waals surface area contributed by atoms with Crippen LogP contribution in [0, 0.1) is 5.82 Å². The topological polar surface area (TPSA) is 72.2 Å². The van der Waals surface area contributed by atoms with Crippen molar-refractivity contribution in [1.29, 1.82) is 0 Å². The van der Waals surface area contributed by atoms with Crippen molar-refractivity contribution in [2.24, 2.45) is 0 Å². The van der Waals surface area contributed by atoms with E-state index in [-0.39, 0.29) is 5.75 Å². The molecule has 1 amide bonds. The number of amides is 1. The highest BCUT2D eigenvalue weighted by Crippen LogP contribution is 2.21. The van der Waals surface area contributed by atoms with Gasteiger partial charge in [0.1, 0.15) is 11.6 Å². The standard InChI is InChI=1S/C14H12BrFN2O2S/c15-9-4-5-13(12(17)6-9)21(20)8-14(19)18-11-3-1-2-10(16)7-11/h1-7H,8,17H2,(H,18,19). The van der Waals surface area contributed by atoms with E-state index < -0.39 is 22.5 Å². The maximum atomic E-state index is 13.0. The Morgan fingerprint density at radius 3 is 2.71 bits per heavy atom. The van der Waals surface area contributed by atoms with Crippen LogP contribution in [0.15, 0.2) is 51.8 Å². The lowest BCUT2D eigenvalue weighted by atomic mass is 10.3. The van der Waals surface area contributed by atoms with Gasteiger partial charge in [-0.2, -0.15) is 0 Å². The number of rotatable bonds is 4. The van der Waals surface area contributed by atoms with Gasteiger partial charge in [0.25, 0.3) is 0 Å². The summed E-state index contributed by atoms with van der Waals surface area (Å²) in [6.45, 7) is 0. The molecule has 2 rings (SSSR count). The van der Waals surface area contributed by atoms with Gasteiger partial charge in [0.2, 0.25) is 5.91 Å². The van der Waals surface area contributed by atoms with E-state index in [9.17, 15) is 13.4 Å². The number of benzene rings is 2. The second-order valence-electron chi connectivity index (χ2n) is 4.23. The van der Waals surface area contributed by atoms with Gasteiger partial charge in [-0.1, -0.05) is 22.0 Å². The highest BCUT2D eigenvalue weighted by Gasteiger charge is 2.13. The van der Waals surface area contributed by atoms with Gasteiger partial charge < -0.3 is 11.1 Å². The zero-order valence-electron chi connectivity index (χ0n) is 10.8. The van der Waals surface area contributed by atoms with Crippen molar-refractivity contribution < 1.29 is 13.4 Å². The van der Waals surface area contributed by atoms with Gasteiger partial charge in [0, 0.05) is 15.8 Å². The van der Waals surface area contributed by atoms with E-state index in [4.69, 9.17) is 5.73 Å². The van der Waals surface area contributed by atoms with Gasteiger partial charge in [0.15, 0.2) is 0 Å². The van der Waals surface area contributed by atoms with E-state index in [1.165, 1.54) is 18.2 Å². The number of carbonyl (C=O) groups excluding carboxylic acids is 1. The molecule has 0 aliphatic rings. The molecule has 0 aliphatic carbocycles. The van der Waals surface area contributed by atoms with Crippen LogP contribution in [0.1, 0.15) is 0 Å². The number of anilines is 2. The molecule has 0 aromatic heterocycles. The summed E-state index contributed by atoms with van der Waals surface area (Å²) in [7, 11) is -1.56. The van der Waals surface area contributed by atoms with E-state index >= 15 is 0 Å². The SMILES string of the molecule is Nc1cc(Br)ccc1S(=O)CC(=O)Nc1cccc(F)c1. The van der Waals surface area contributed by atoms with E-state index in [0.717, 1.165) is 4.47 Å². The molecule has 1 atom stereocenters. The summed E-state index contributed by atoms with van der Waals surface area (Å²) in [5.41, 5.74) is 6.43. The molecule has 0 heterocycles. The predicted octanol–water partition coefficient (Wildman–Crippen LogP) is 2.92. The molecule has 0 bridgehead atoms. The van der Waals surface area contributed by atoms with Gasteiger partial charge in [-0.25, -0.2) is 4.39 Å². The molecular weight excluding hydrogens is 359 g/mol. The number of halogens is 2. The van der Waals surface area contributed by atoms with Crippen molar-refractivity contribution >= 4 is 44.0 Å². The Bertz CT molecular complexity index is 709. The molecule has 0 radical (unpaired) electrons. The largest absolute Gasteiger partial charge is 0.398 e. The average molecular weight is 371 g/mol. The summed E-state index contributed by atoms with van der Waals surface area (Å²) in [5, 5.41) is 2.49. The van der Waals surface area contributed by atoms with Crippen LogP contribution in [-0.2, 0) is 15.6 Å². The lowest BCUT2D eigenvalue weighted by Crippen LogP contribution is -2.20. The second-order valence-corrected chi connectivity index (χ2v) is 6.57. The van der Waals surface area contributed by atoms with Crippen LogP contribution in [0.25, 0.3) is 0 Å². The lowest BCUT2D eigenvalue weighted by molar-refractivity contribution is -0.113. The first-order chi connectivity index (χ1) is 9.95. The minimum atomic E-state index is -1.56. The molecule has 21 heavy (non-hydrogen) atoms. The second kappa shape index (κ2) is 6.82. The van der Waals surface area contributed by atoms with Crippen molar-refractivity contribution in [3.05, 3.63) is 52.8 Å². The third-order valence-electron chi connectivity index (χ3n) is 2.59. The lowest BCUT2D eigenvalue weighted by Gasteiger charge is -2.07. The first-order valence-corrected chi connectivity index (χ1v) is 8.06. The van der Waals surface area contributed by atoms with E-state index in [1.54, 1.807) is 24.3 Å². The van der Waals surface area contributed by atoms with Crippen LogP contribution in [0.5, 0.6) is 0 Å². The van der Waals surface area contributed by atoms with Gasteiger partial charge in [-0.15, -0.1) is 0 Å². The number of hydrogen-bond acceptors (Lipinski definition) is 3. The first-order valence-electron chi connectivity index (χ1n) is 5.94. The molecule has 7 heteroatoms. The monoisotopic (exact) mass is 370 g/mol. The van der Waals surface area contributed by atoms with Crippen LogP contribution in [0.2, 0.25) is 0 Å². The highest BCUT2D eigenvalue weighted by atomic mass is 79.9. The summed E-state index contributed by atoms with van der Waals surface area (Å²) in [4.78, 5) is 12.2. The fourth-order valence-corrected chi connectivity index (χ4v) is 3.07. The first kappa shape index (κ1) is 15.7. The van der Waals surface area contributed by atoms with Gasteiger partial charge >= 0.3 is 0 Å². The minimum absolute atomic E-state index is 0.248. The summed E-state index contributed by atoms with van der Waals surface area (Å²) in [6, 6.07) is 10.4. The number of nitrogen functional groups attached to an aromatic ring is 1. The molecule has 3 N–H and O–H groups in total. The molecule has 0 spiro atoms. The molecule has 0 fully saturated rings. The molecule has 4 nitrogen and oxygen atoms in total. The quantitative estimate of drug-likeness (QED) is 0.812. The van der Waals surface area contributed by atoms with Crippen molar-refractivity contribution in [3.63, 3.8) is 0 Å². The molecule has 2 aromatic carbocycles. The Balaban J connectivity index is 2.04. The summed E-state index contributed by atoms with van der Waals surface area (Å²) >= 11 is 3.25. The molecule has 0 saturated heterocycles. The summed E-state index contributed by atoms with van der Waals surface area (Å²) < 4.78 is 25.9. The molecular formula is C14H12BrFN2O2S. The Hall–Kier alpha value is -1.73. The van der Waals surface area contributed by atoms with E-state index in [1.807, 2.05) is 0 Å². The fraction of sp³-hybridized carbons (Fsp3) is 0.0714. The van der Waals surface area contributed by atoms with Crippen LogP contribution in [0.4, 0.5) is 15.8 Å². The Morgan fingerprint density at radius 1 is 1.29 bits per heavy atom. The van der Waals surface area contributed by atoms with Crippen LogP contribution in [-0.4, -0.2) is 15.9 Å².